The van der Waals surface area contributed by atoms with Gasteiger partial charge in [0.25, 0.3) is 0 Å². The summed E-state index contributed by atoms with van der Waals surface area (Å²) in [6.07, 6.45) is -4.29. The molecule has 166 valence electrons. The first-order valence-corrected chi connectivity index (χ1v) is 10.5. The van der Waals surface area contributed by atoms with Crippen molar-refractivity contribution in [1.29, 1.82) is 0 Å². The van der Waals surface area contributed by atoms with E-state index in [4.69, 9.17) is 9.15 Å². The monoisotopic (exact) mass is 462 g/mol. The van der Waals surface area contributed by atoms with Crippen LogP contribution in [0.25, 0.3) is 21.7 Å². The molecule has 2 aromatic carbocycles. The van der Waals surface area contributed by atoms with Gasteiger partial charge < -0.3 is 14.5 Å². The minimum Gasteiger partial charge on any atom is -0.494 e. The van der Waals surface area contributed by atoms with Gasteiger partial charge in [0.2, 0.25) is 17.7 Å². The van der Waals surface area contributed by atoms with Crippen LogP contribution in [0.1, 0.15) is 24.8 Å². The fourth-order valence-electron chi connectivity index (χ4n) is 2.92. The predicted octanol–water partition coefficient (Wildman–Crippen LogP) is 5.34. The van der Waals surface area contributed by atoms with Crippen LogP contribution < -0.4 is 10.1 Å². The Morgan fingerprint density at radius 1 is 1.19 bits per heavy atom. The molecule has 0 aliphatic rings. The standard InChI is InChI=1S/C21H17F3N4O3S/c1-2-30-14-6-7-15-16(11-14)32-20(25-15)26-17(29)8-9-18-27-28-19(31-18)12-4-3-5-13(10-12)21(22,23)24/h3-7,10-11H,2,8-9H2,1H3,(H,25,26,29). The number of alkyl halides is 3. The molecule has 0 atom stereocenters. The number of carbonyl (C=O) groups excluding carboxylic acids is 1. The molecule has 0 unspecified atom stereocenters. The highest BCUT2D eigenvalue weighted by Crippen LogP contribution is 2.32. The molecule has 4 rings (SSSR count). The molecule has 1 amide bonds. The van der Waals surface area contributed by atoms with Crippen LogP contribution in [-0.4, -0.2) is 27.7 Å². The van der Waals surface area contributed by atoms with Crippen molar-refractivity contribution in [2.45, 2.75) is 25.9 Å². The maximum absolute atomic E-state index is 12.9. The minimum absolute atomic E-state index is 0.0391. The van der Waals surface area contributed by atoms with E-state index in [0.717, 1.165) is 28.1 Å². The van der Waals surface area contributed by atoms with Crippen LogP contribution in [0.3, 0.4) is 0 Å². The van der Waals surface area contributed by atoms with Crippen molar-refractivity contribution in [3.8, 4) is 17.2 Å². The molecule has 1 N–H and O–H groups in total. The number of fused-ring (bicyclic) bond motifs is 1. The van der Waals surface area contributed by atoms with E-state index in [2.05, 4.69) is 20.5 Å². The van der Waals surface area contributed by atoms with Gasteiger partial charge in [-0.05, 0) is 43.3 Å². The summed E-state index contributed by atoms with van der Waals surface area (Å²) in [5, 5.41) is 10.8. The largest absolute Gasteiger partial charge is 0.494 e. The fraction of sp³-hybridized carbons (Fsp3) is 0.238. The Labute approximate surface area is 184 Å². The number of thiazole rings is 1. The Balaban J connectivity index is 1.37. The Morgan fingerprint density at radius 3 is 2.81 bits per heavy atom. The zero-order valence-corrected chi connectivity index (χ0v) is 17.6. The number of nitrogens with one attached hydrogen (secondary N) is 1. The molecule has 32 heavy (non-hydrogen) atoms. The highest BCUT2D eigenvalue weighted by atomic mass is 32.1. The molecule has 2 heterocycles. The van der Waals surface area contributed by atoms with Gasteiger partial charge in [0.1, 0.15) is 5.75 Å². The predicted molar refractivity (Wildman–Crippen MR) is 112 cm³/mol. The van der Waals surface area contributed by atoms with Gasteiger partial charge in [-0.2, -0.15) is 13.2 Å². The molecule has 0 spiro atoms. The first-order chi connectivity index (χ1) is 15.3. The van der Waals surface area contributed by atoms with Crippen molar-refractivity contribution < 1.29 is 27.1 Å². The molecule has 2 aromatic heterocycles. The van der Waals surface area contributed by atoms with Gasteiger partial charge in [0.05, 0.1) is 22.4 Å². The second-order valence-corrected chi connectivity index (χ2v) is 7.74. The van der Waals surface area contributed by atoms with Crippen LogP contribution in [0, 0.1) is 0 Å². The third kappa shape index (κ3) is 5.05. The van der Waals surface area contributed by atoms with Crippen molar-refractivity contribution in [2.75, 3.05) is 11.9 Å². The van der Waals surface area contributed by atoms with Gasteiger partial charge >= 0.3 is 6.18 Å². The smallest absolute Gasteiger partial charge is 0.416 e. The van der Waals surface area contributed by atoms with E-state index in [9.17, 15) is 18.0 Å². The zero-order chi connectivity index (χ0) is 22.7. The number of rotatable bonds is 7. The molecule has 7 nitrogen and oxygen atoms in total. The van der Waals surface area contributed by atoms with Crippen molar-refractivity contribution in [3.05, 3.63) is 53.9 Å². The second-order valence-electron chi connectivity index (χ2n) is 6.71. The molecule has 0 radical (unpaired) electrons. The first-order valence-electron chi connectivity index (χ1n) is 9.65. The zero-order valence-electron chi connectivity index (χ0n) is 16.8. The van der Waals surface area contributed by atoms with E-state index in [1.807, 2.05) is 25.1 Å². The Bertz CT molecular complexity index is 1250. The lowest BCUT2D eigenvalue weighted by Gasteiger charge is -2.06. The Morgan fingerprint density at radius 2 is 2.03 bits per heavy atom. The SMILES string of the molecule is CCOc1ccc2nc(NC(=O)CCc3nnc(-c4cccc(C(F)(F)F)c4)o3)sc2c1. The number of aryl methyl sites for hydroxylation is 1. The number of nitrogens with zero attached hydrogens (tertiary/aromatic N) is 3. The topological polar surface area (TPSA) is 90.1 Å². The van der Waals surface area contributed by atoms with Crippen molar-refractivity contribution in [2.24, 2.45) is 0 Å². The first kappa shape index (κ1) is 21.8. The lowest BCUT2D eigenvalue weighted by molar-refractivity contribution is -0.137. The third-order valence-electron chi connectivity index (χ3n) is 4.39. The van der Waals surface area contributed by atoms with Gasteiger partial charge in [-0.25, -0.2) is 4.98 Å². The van der Waals surface area contributed by atoms with Crippen LogP contribution in [0.4, 0.5) is 18.3 Å². The summed E-state index contributed by atoms with van der Waals surface area (Å²) in [6, 6.07) is 10.1. The third-order valence-corrected chi connectivity index (χ3v) is 5.32. The number of hydrogen-bond donors (Lipinski definition) is 1. The van der Waals surface area contributed by atoms with Gasteiger partial charge in [-0.3, -0.25) is 4.79 Å². The van der Waals surface area contributed by atoms with E-state index >= 15 is 0 Å². The number of benzene rings is 2. The van der Waals surface area contributed by atoms with E-state index in [1.165, 1.54) is 23.5 Å². The summed E-state index contributed by atoms with van der Waals surface area (Å²) in [5.74, 6) is 0.545. The number of halogens is 3. The van der Waals surface area contributed by atoms with Crippen molar-refractivity contribution >= 4 is 32.6 Å². The van der Waals surface area contributed by atoms with Crippen LogP contribution >= 0.6 is 11.3 Å². The lowest BCUT2D eigenvalue weighted by Crippen LogP contribution is -2.12. The maximum atomic E-state index is 12.9. The number of hydrogen-bond acceptors (Lipinski definition) is 7. The number of anilines is 1. The number of carbonyl (C=O) groups is 1. The van der Waals surface area contributed by atoms with E-state index in [0.29, 0.717) is 11.7 Å². The Hall–Kier alpha value is -3.47. The van der Waals surface area contributed by atoms with Gasteiger partial charge in [0, 0.05) is 18.4 Å². The van der Waals surface area contributed by atoms with Gasteiger partial charge in [0.15, 0.2) is 5.13 Å². The quantitative estimate of drug-likeness (QED) is 0.399. The van der Waals surface area contributed by atoms with Crippen LogP contribution in [0.2, 0.25) is 0 Å². The van der Waals surface area contributed by atoms with Crippen LogP contribution in [0.15, 0.2) is 46.9 Å². The number of ether oxygens (including phenoxy) is 1. The van der Waals surface area contributed by atoms with Crippen molar-refractivity contribution in [1.82, 2.24) is 15.2 Å². The van der Waals surface area contributed by atoms with Crippen LogP contribution in [-0.2, 0) is 17.4 Å². The second kappa shape index (κ2) is 8.95. The Kier molecular flexibility index (Phi) is 6.08. The molecule has 0 fully saturated rings. The molecular weight excluding hydrogens is 445 g/mol. The summed E-state index contributed by atoms with van der Waals surface area (Å²) < 4.78 is 50.4. The number of aromatic nitrogens is 3. The highest BCUT2D eigenvalue weighted by Gasteiger charge is 2.30. The molecule has 0 aliphatic heterocycles. The summed E-state index contributed by atoms with van der Waals surface area (Å²) >= 11 is 1.33. The molecule has 0 saturated carbocycles. The maximum Gasteiger partial charge on any atom is 0.416 e. The van der Waals surface area contributed by atoms with E-state index in [-0.39, 0.29) is 36.1 Å². The van der Waals surface area contributed by atoms with E-state index < -0.39 is 11.7 Å². The normalized spacial score (nSPS) is 11.6. The lowest BCUT2D eigenvalue weighted by atomic mass is 10.1. The molecule has 11 heteroatoms. The van der Waals surface area contributed by atoms with Crippen molar-refractivity contribution in [3.63, 3.8) is 0 Å². The molecular formula is C21H17F3N4O3S. The molecule has 0 bridgehead atoms. The minimum atomic E-state index is -4.47. The summed E-state index contributed by atoms with van der Waals surface area (Å²) in [5.41, 5.74) is 0.0960. The molecule has 0 saturated heterocycles. The van der Waals surface area contributed by atoms with E-state index in [1.54, 1.807) is 0 Å². The summed E-state index contributed by atoms with van der Waals surface area (Å²) in [6.45, 7) is 2.45. The number of amides is 1. The molecule has 0 aliphatic carbocycles. The average Bonchev–Trinajstić information content (AvgIpc) is 3.38. The highest BCUT2D eigenvalue weighted by molar-refractivity contribution is 7.22. The van der Waals surface area contributed by atoms with Gasteiger partial charge in [-0.15, -0.1) is 10.2 Å². The fourth-order valence-corrected chi connectivity index (χ4v) is 3.83. The summed E-state index contributed by atoms with van der Waals surface area (Å²) in [4.78, 5) is 16.6. The summed E-state index contributed by atoms with van der Waals surface area (Å²) in [7, 11) is 0. The molecule has 4 aromatic rings. The van der Waals surface area contributed by atoms with Gasteiger partial charge in [-0.1, -0.05) is 17.4 Å². The average molecular weight is 462 g/mol. The van der Waals surface area contributed by atoms with Crippen LogP contribution in [0.5, 0.6) is 5.75 Å².